The lowest BCUT2D eigenvalue weighted by atomic mass is 9.95. The molecule has 0 aliphatic rings. The van der Waals surface area contributed by atoms with Crippen molar-refractivity contribution in [1.82, 2.24) is 0 Å². The van der Waals surface area contributed by atoms with E-state index in [0.29, 0.717) is 0 Å². The average molecular weight is 341 g/mol. The molecule has 0 saturated carbocycles. The number of nitrogens with one attached hydrogen (secondary N) is 1. The molecule has 3 nitrogen and oxygen atoms in total. The van der Waals surface area contributed by atoms with Crippen molar-refractivity contribution in [1.29, 1.82) is 0 Å². The minimum atomic E-state index is -1.77. The molecule has 2 aromatic rings. The fraction of sp³-hybridized carbons (Fsp3) is 0.235. The van der Waals surface area contributed by atoms with Gasteiger partial charge in [0.05, 0.1) is 5.69 Å². The SMILES string of the molecule is CCC(C)c1c(F)c(F)c(C(=O)Nc2ccccc2O)c(F)c1F. The average Bonchev–Trinajstić information content (AvgIpc) is 2.55. The summed E-state index contributed by atoms with van der Waals surface area (Å²) in [5.41, 5.74) is -2.25. The second kappa shape index (κ2) is 6.90. The summed E-state index contributed by atoms with van der Waals surface area (Å²) in [7, 11) is 0. The normalized spacial score (nSPS) is 12.1. The maximum Gasteiger partial charge on any atom is 0.261 e. The Labute approximate surface area is 135 Å². The first-order valence-corrected chi connectivity index (χ1v) is 7.24. The molecule has 0 spiro atoms. The van der Waals surface area contributed by atoms with Gasteiger partial charge in [0.25, 0.3) is 5.91 Å². The third-order valence-corrected chi connectivity index (χ3v) is 3.78. The van der Waals surface area contributed by atoms with Crippen LogP contribution in [0.4, 0.5) is 23.2 Å². The van der Waals surface area contributed by atoms with Crippen LogP contribution < -0.4 is 5.32 Å². The molecule has 0 saturated heterocycles. The van der Waals surface area contributed by atoms with Gasteiger partial charge >= 0.3 is 0 Å². The van der Waals surface area contributed by atoms with Gasteiger partial charge in [-0.3, -0.25) is 4.79 Å². The lowest BCUT2D eigenvalue weighted by Gasteiger charge is -2.16. The number of carbonyl (C=O) groups excluding carboxylic acids is 1. The number of benzene rings is 2. The second-order valence-electron chi connectivity index (χ2n) is 5.33. The smallest absolute Gasteiger partial charge is 0.261 e. The van der Waals surface area contributed by atoms with Gasteiger partial charge in [-0.25, -0.2) is 17.6 Å². The highest BCUT2D eigenvalue weighted by Crippen LogP contribution is 2.32. The highest BCUT2D eigenvalue weighted by atomic mass is 19.2. The molecule has 7 heteroatoms. The van der Waals surface area contributed by atoms with E-state index in [0.717, 1.165) is 0 Å². The van der Waals surface area contributed by atoms with Crippen LogP contribution in [0.15, 0.2) is 24.3 Å². The monoisotopic (exact) mass is 341 g/mol. The minimum absolute atomic E-state index is 0.145. The Bertz CT molecular complexity index is 763. The predicted octanol–water partition coefficient (Wildman–Crippen LogP) is 4.71. The molecule has 0 bridgehead atoms. The molecule has 1 amide bonds. The van der Waals surface area contributed by atoms with Crippen LogP contribution in [-0.2, 0) is 0 Å². The van der Waals surface area contributed by atoms with Crippen molar-refractivity contribution in [3.63, 3.8) is 0 Å². The molecule has 2 aromatic carbocycles. The first-order chi connectivity index (χ1) is 11.3. The van der Waals surface area contributed by atoms with Crippen molar-refractivity contribution in [3.05, 3.63) is 58.7 Å². The van der Waals surface area contributed by atoms with Gasteiger partial charge in [-0.2, -0.15) is 0 Å². The van der Waals surface area contributed by atoms with E-state index in [1.165, 1.54) is 31.2 Å². The van der Waals surface area contributed by atoms with E-state index in [1.54, 1.807) is 6.92 Å². The molecule has 0 radical (unpaired) electrons. The van der Waals surface area contributed by atoms with Crippen LogP contribution in [0.25, 0.3) is 0 Å². The number of phenolic OH excluding ortho intramolecular Hbond substituents is 1. The summed E-state index contributed by atoms with van der Waals surface area (Å²) in [6.07, 6.45) is 0.260. The molecule has 0 aromatic heterocycles. The summed E-state index contributed by atoms with van der Waals surface area (Å²) in [6.45, 7) is 3.03. The third-order valence-electron chi connectivity index (χ3n) is 3.78. The molecule has 0 fully saturated rings. The number of rotatable bonds is 4. The van der Waals surface area contributed by atoms with Crippen LogP contribution in [0.5, 0.6) is 5.75 Å². The molecule has 2 rings (SSSR count). The molecule has 1 unspecified atom stereocenters. The maximum atomic E-state index is 14.1. The van der Waals surface area contributed by atoms with Gasteiger partial charge in [0.15, 0.2) is 23.3 Å². The van der Waals surface area contributed by atoms with Crippen molar-refractivity contribution in [2.75, 3.05) is 5.32 Å². The van der Waals surface area contributed by atoms with Crippen LogP contribution >= 0.6 is 0 Å². The Morgan fingerprint density at radius 1 is 1.08 bits per heavy atom. The highest BCUT2D eigenvalue weighted by Gasteiger charge is 2.31. The molecule has 1 atom stereocenters. The van der Waals surface area contributed by atoms with Crippen LogP contribution in [0.1, 0.15) is 42.1 Å². The van der Waals surface area contributed by atoms with Gasteiger partial charge in [-0.1, -0.05) is 26.0 Å². The number of amides is 1. The predicted molar refractivity (Wildman–Crippen MR) is 81.0 cm³/mol. The molecule has 0 aliphatic heterocycles. The van der Waals surface area contributed by atoms with Crippen LogP contribution in [0, 0.1) is 23.3 Å². The fourth-order valence-corrected chi connectivity index (χ4v) is 2.25. The molecule has 0 aliphatic carbocycles. The largest absolute Gasteiger partial charge is 0.506 e. The van der Waals surface area contributed by atoms with Crippen molar-refractivity contribution in [2.45, 2.75) is 26.2 Å². The molecular weight excluding hydrogens is 326 g/mol. The lowest BCUT2D eigenvalue weighted by Crippen LogP contribution is -2.20. The second-order valence-corrected chi connectivity index (χ2v) is 5.33. The Morgan fingerprint density at radius 3 is 2.12 bits per heavy atom. The van der Waals surface area contributed by atoms with Gasteiger partial charge in [-0.15, -0.1) is 0 Å². The van der Waals surface area contributed by atoms with E-state index >= 15 is 0 Å². The van der Waals surface area contributed by atoms with Crippen molar-refractivity contribution in [3.8, 4) is 5.75 Å². The summed E-state index contributed by atoms with van der Waals surface area (Å²) in [5.74, 6) is -9.24. The summed E-state index contributed by atoms with van der Waals surface area (Å²) >= 11 is 0. The van der Waals surface area contributed by atoms with Crippen LogP contribution in [0.3, 0.4) is 0 Å². The quantitative estimate of drug-likeness (QED) is 0.480. The number of phenols is 1. The van der Waals surface area contributed by atoms with E-state index in [1.807, 2.05) is 5.32 Å². The number of carbonyl (C=O) groups is 1. The topological polar surface area (TPSA) is 49.3 Å². The Kier molecular flexibility index (Phi) is 5.11. The zero-order valence-corrected chi connectivity index (χ0v) is 13.0. The Balaban J connectivity index is 2.51. The van der Waals surface area contributed by atoms with Crippen LogP contribution in [0.2, 0.25) is 0 Å². The van der Waals surface area contributed by atoms with Gasteiger partial charge in [0, 0.05) is 5.56 Å². The first kappa shape index (κ1) is 17.8. The summed E-state index contributed by atoms with van der Waals surface area (Å²) < 4.78 is 56.5. The van der Waals surface area contributed by atoms with Gasteiger partial charge < -0.3 is 10.4 Å². The summed E-state index contributed by atoms with van der Waals surface area (Å²) in [4.78, 5) is 12.0. The van der Waals surface area contributed by atoms with Crippen molar-refractivity contribution >= 4 is 11.6 Å². The number of anilines is 1. The van der Waals surface area contributed by atoms with E-state index in [2.05, 4.69) is 0 Å². The van der Waals surface area contributed by atoms with Crippen LogP contribution in [-0.4, -0.2) is 11.0 Å². The van der Waals surface area contributed by atoms with Gasteiger partial charge in [-0.05, 0) is 24.5 Å². The molecule has 0 heterocycles. The molecule has 2 N–H and O–H groups in total. The van der Waals surface area contributed by atoms with E-state index in [4.69, 9.17) is 0 Å². The lowest BCUT2D eigenvalue weighted by molar-refractivity contribution is 0.101. The van der Waals surface area contributed by atoms with Crippen molar-refractivity contribution < 1.29 is 27.5 Å². The maximum absolute atomic E-state index is 14.1. The summed E-state index contributed by atoms with van der Waals surface area (Å²) in [5, 5.41) is 11.6. The number of hydrogen-bond donors (Lipinski definition) is 2. The zero-order chi connectivity index (χ0) is 18.0. The highest BCUT2D eigenvalue weighted by molar-refractivity contribution is 6.05. The molecule has 24 heavy (non-hydrogen) atoms. The van der Waals surface area contributed by atoms with E-state index in [-0.39, 0.29) is 17.9 Å². The Hall–Kier alpha value is -2.57. The molecule has 128 valence electrons. The first-order valence-electron chi connectivity index (χ1n) is 7.24. The fourth-order valence-electron chi connectivity index (χ4n) is 2.25. The van der Waals surface area contributed by atoms with Gasteiger partial charge in [0.2, 0.25) is 0 Å². The number of aromatic hydroxyl groups is 1. The summed E-state index contributed by atoms with van der Waals surface area (Å²) in [6, 6.07) is 5.42. The third kappa shape index (κ3) is 3.06. The Morgan fingerprint density at radius 2 is 1.62 bits per heavy atom. The number of para-hydroxylation sites is 2. The standard InChI is InChI=1S/C17H15F4NO2/c1-3-8(2)11-13(18)15(20)12(16(21)14(11)19)17(24)22-9-6-4-5-7-10(9)23/h4-8,23H,3H2,1-2H3,(H,22,24). The van der Waals surface area contributed by atoms with E-state index in [9.17, 15) is 27.5 Å². The number of halogens is 4. The van der Waals surface area contributed by atoms with Gasteiger partial charge in [0.1, 0.15) is 11.3 Å². The zero-order valence-electron chi connectivity index (χ0n) is 13.0. The van der Waals surface area contributed by atoms with Crippen molar-refractivity contribution in [2.24, 2.45) is 0 Å². The minimum Gasteiger partial charge on any atom is -0.506 e. The van der Waals surface area contributed by atoms with E-state index < -0.39 is 46.2 Å². The number of hydrogen-bond acceptors (Lipinski definition) is 2. The molecular formula is C17H15F4NO2.